The standard InChI is InChI=1S/C27H37N7O3/c1-18(35)34-12-8-19(9-13-34)31-26(29-3)14-25(28-2)27(37)30-15-20(36)16-33-11-10-24-22(17-33)21-6-4-5-7-23(21)32-24/h4-7,14,19-20,32,36H,2,8-13,15-17H2,1,3H3,(H,29,31)(H,30,37)/b25-14-. The Bertz CT molecular complexity index is 1190. The summed E-state index contributed by atoms with van der Waals surface area (Å²) in [5.74, 6) is 0.200. The second-order valence-corrected chi connectivity index (χ2v) is 9.70. The molecule has 1 saturated heterocycles. The molecule has 0 aliphatic carbocycles. The number of nitrogens with one attached hydrogen (secondary N) is 3. The molecule has 37 heavy (non-hydrogen) atoms. The van der Waals surface area contributed by atoms with Crippen LogP contribution in [0.5, 0.6) is 0 Å². The third-order valence-corrected chi connectivity index (χ3v) is 7.14. The van der Waals surface area contributed by atoms with Crippen LogP contribution in [0.4, 0.5) is 0 Å². The molecule has 2 aliphatic heterocycles. The fourth-order valence-electron chi connectivity index (χ4n) is 5.07. The van der Waals surface area contributed by atoms with Gasteiger partial charge in [0.1, 0.15) is 11.5 Å². The zero-order valence-electron chi connectivity index (χ0n) is 21.7. The molecule has 2 amide bonds. The largest absolute Gasteiger partial charge is 0.390 e. The number of aromatic amines is 1. The number of carbonyl (C=O) groups excluding carboxylic acids is 2. The Morgan fingerprint density at radius 1 is 1.27 bits per heavy atom. The summed E-state index contributed by atoms with van der Waals surface area (Å²) in [5.41, 5.74) is 3.82. The van der Waals surface area contributed by atoms with Gasteiger partial charge < -0.3 is 25.6 Å². The maximum atomic E-state index is 12.7. The van der Waals surface area contributed by atoms with Gasteiger partial charge in [-0.15, -0.1) is 0 Å². The number of β-amino-alcohol motifs (C(OH)–C–C–N with tert-alkyl or cyclic N) is 1. The monoisotopic (exact) mass is 507 g/mol. The summed E-state index contributed by atoms with van der Waals surface area (Å²) < 4.78 is 0. The van der Waals surface area contributed by atoms with E-state index < -0.39 is 12.0 Å². The normalized spacial score (nSPS) is 18.4. The number of nitrogens with zero attached hydrogens (tertiary/aromatic N) is 4. The molecule has 0 radical (unpaired) electrons. The molecule has 2 aliphatic rings. The topological polar surface area (TPSA) is 125 Å². The van der Waals surface area contributed by atoms with E-state index in [4.69, 9.17) is 0 Å². The smallest absolute Gasteiger partial charge is 0.270 e. The molecular weight excluding hydrogens is 470 g/mol. The summed E-state index contributed by atoms with van der Waals surface area (Å²) in [6.45, 7) is 8.67. The number of aliphatic hydroxyl groups excluding tert-OH is 1. The van der Waals surface area contributed by atoms with Crippen molar-refractivity contribution in [1.29, 1.82) is 0 Å². The van der Waals surface area contributed by atoms with E-state index in [1.54, 1.807) is 20.0 Å². The lowest BCUT2D eigenvalue weighted by atomic mass is 10.0. The summed E-state index contributed by atoms with van der Waals surface area (Å²) in [5, 5.41) is 18.0. The number of amidine groups is 1. The third kappa shape index (κ3) is 6.64. The Balaban J connectivity index is 1.26. The second kappa shape index (κ2) is 12.2. The quantitative estimate of drug-likeness (QED) is 0.243. The maximum Gasteiger partial charge on any atom is 0.270 e. The van der Waals surface area contributed by atoms with E-state index in [2.05, 4.69) is 49.4 Å². The molecule has 10 heteroatoms. The number of aliphatic imine (C=N–C) groups is 2. The zero-order chi connectivity index (χ0) is 26.4. The van der Waals surface area contributed by atoms with Crippen molar-refractivity contribution in [3.63, 3.8) is 0 Å². The SMILES string of the molecule is C=N/C(=C\C(=N/C)NC1CCN(C(C)=O)CC1)C(=O)NCC(O)CN1CCc2[nH]c3ccccc3c2C1. The number of aromatic nitrogens is 1. The molecule has 1 aromatic heterocycles. The van der Waals surface area contributed by atoms with Gasteiger partial charge in [0.05, 0.1) is 6.10 Å². The van der Waals surface area contributed by atoms with Gasteiger partial charge >= 0.3 is 0 Å². The van der Waals surface area contributed by atoms with Crippen molar-refractivity contribution in [2.75, 3.05) is 39.8 Å². The number of fused-ring (bicyclic) bond motifs is 3. The minimum Gasteiger partial charge on any atom is -0.390 e. The molecule has 0 spiro atoms. The molecule has 1 aromatic carbocycles. The van der Waals surface area contributed by atoms with Crippen LogP contribution in [0.1, 0.15) is 31.0 Å². The molecule has 3 heterocycles. The van der Waals surface area contributed by atoms with Gasteiger partial charge in [0.25, 0.3) is 5.91 Å². The molecular formula is C27H37N7O3. The highest BCUT2D eigenvalue weighted by Gasteiger charge is 2.23. The first-order valence-electron chi connectivity index (χ1n) is 12.8. The highest BCUT2D eigenvalue weighted by Crippen LogP contribution is 2.27. The summed E-state index contributed by atoms with van der Waals surface area (Å²) in [6, 6.07) is 8.43. The molecule has 0 bridgehead atoms. The van der Waals surface area contributed by atoms with E-state index in [-0.39, 0.29) is 24.2 Å². The number of para-hydroxylation sites is 1. The lowest BCUT2D eigenvalue weighted by Gasteiger charge is -2.32. The van der Waals surface area contributed by atoms with Crippen molar-refractivity contribution in [1.82, 2.24) is 25.4 Å². The van der Waals surface area contributed by atoms with Gasteiger partial charge in [-0.2, -0.15) is 0 Å². The molecule has 1 fully saturated rings. The van der Waals surface area contributed by atoms with Crippen LogP contribution >= 0.6 is 0 Å². The predicted molar refractivity (Wildman–Crippen MR) is 146 cm³/mol. The number of hydrogen-bond acceptors (Lipinski definition) is 6. The number of carbonyl (C=O) groups is 2. The van der Waals surface area contributed by atoms with E-state index in [1.165, 1.54) is 16.6 Å². The van der Waals surface area contributed by atoms with Crippen molar-refractivity contribution in [3.05, 3.63) is 47.3 Å². The van der Waals surface area contributed by atoms with E-state index in [0.29, 0.717) is 25.5 Å². The first-order chi connectivity index (χ1) is 17.9. The first kappa shape index (κ1) is 26.6. The van der Waals surface area contributed by atoms with E-state index in [9.17, 15) is 14.7 Å². The predicted octanol–water partition coefficient (Wildman–Crippen LogP) is 1.22. The summed E-state index contributed by atoms with van der Waals surface area (Å²) >= 11 is 0. The van der Waals surface area contributed by atoms with Crippen LogP contribution < -0.4 is 10.6 Å². The Morgan fingerprint density at radius 3 is 2.73 bits per heavy atom. The number of amides is 2. The zero-order valence-corrected chi connectivity index (χ0v) is 21.7. The number of piperidine rings is 1. The molecule has 1 atom stereocenters. The van der Waals surface area contributed by atoms with Gasteiger partial charge in [0, 0.05) is 88.4 Å². The van der Waals surface area contributed by atoms with E-state index in [1.807, 2.05) is 17.0 Å². The van der Waals surface area contributed by atoms with Crippen molar-refractivity contribution < 1.29 is 14.7 Å². The Hall–Kier alpha value is -3.50. The van der Waals surface area contributed by atoms with Gasteiger partial charge in [-0.25, -0.2) is 0 Å². The number of benzene rings is 1. The van der Waals surface area contributed by atoms with Crippen LogP contribution in [-0.4, -0.2) is 96.2 Å². The van der Waals surface area contributed by atoms with Gasteiger partial charge in [-0.1, -0.05) is 18.2 Å². The summed E-state index contributed by atoms with van der Waals surface area (Å²) in [7, 11) is 1.64. The van der Waals surface area contributed by atoms with E-state index >= 15 is 0 Å². The van der Waals surface area contributed by atoms with Crippen LogP contribution in [0, 0.1) is 0 Å². The lowest BCUT2D eigenvalue weighted by Crippen LogP contribution is -2.46. The summed E-state index contributed by atoms with van der Waals surface area (Å²) in [6.07, 6.45) is 3.35. The molecule has 198 valence electrons. The molecule has 4 N–H and O–H groups in total. The minimum absolute atomic E-state index is 0.0859. The van der Waals surface area contributed by atoms with Gasteiger partial charge in [0.2, 0.25) is 5.91 Å². The van der Waals surface area contributed by atoms with Gasteiger partial charge in [0.15, 0.2) is 0 Å². The second-order valence-electron chi connectivity index (χ2n) is 9.70. The summed E-state index contributed by atoms with van der Waals surface area (Å²) in [4.78, 5) is 39.9. The number of H-pyrrole nitrogens is 1. The fraction of sp³-hybridized carbons (Fsp3) is 0.481. The molecule has 1 unspecified atom stereocenters. The minimum atomic E-state index is -0.717. The number of likely N-dealkylation sites (tertiary alicyclic amines) is 1. The Kier molecular flexibility index (Phi) is 8.73. The van der Waals surface area contributed by atoms with Crippen LogP contribution in [0.25, 0.3) is 10.9 Å². The first-order valence-corrected chi connectivity index (χ1v) is 12.8. The fourth-order valence-corrected chi connectivity index (χ4v) is 5.07. The number of hydrogen-bond donors (Lipinski definition) is 4. The van der Waals surface area contributed by atoms with Crippen molar-refractivity contribution in [2.45, 2.75) is 44.9 Å². The highest BCUT2D eigenvalue weighted by molar-refractivity contribution is 6.03. The van der Waals surface area contributed by atoms with E-state index in [0.717, 1.165) is 37.9 Å². The number of rotatable bonds is 8. The third-order valence-electron chi connectivity index (χ3n) is 7.14. The average molecular weight is 508 g/mol. The average Bonchev–Trinajstić information content (AvgIpc) is 3.28. The van der Waals surface area contributed by atoms with Crippen molar-refractivity contribution in [3.8, 4) is 0 Å². The lowest BCUT2D eigenvalue weighted by molar-refractivity contribution is -0.129. The van der Waals surface area contributed by atoms with Crippen LogP contribution in [0.15, 0.2) is 46.0 Å². The molecule has 2 aromatic rings. The van der Waals surface area contributed by atoms with Crippen molar-refractivity contribution in [2.24, 2.45) is 9.98 Å². The molecule has 0 saturated carbocycles. The number of aliphatic hydroxyl groups is 1. The Labute approximate surface area is 217 Å². The maximum absolute atomic E-state index is 12.7. The van der Waals surface area contributed by atoms with Crippen molar-refractivity contribution >= 4 is 35.3 Å². The molecule has 4 rings (SSSR count). The van der Waals surface area contributed by atoms with Crippen LogP contribution in [0.2, 0.25) is 0 Å². The highest BCUT2D eigenvalue weighted by atomic mass is 16.3. The van der Waals surface area contributed by atoms with Gasteiger partial charge in [-0.05, 0) is 31.2 Å². The van der Waals surface area contributed by atoms with Gasteiger partial charge in [-0.3, -0.25) is 24.5 Å². The van der Waals surface area contributed by atoms with Crippen LogP contribution in [-0.2, 0) is 22.6 Å². The Morgan fingerprint density at radius 2 is 2.03 bits per heavy atom. The van der Waals surface area contributed by atoms with Crippen LogP contribution in [0.3, 0.4) is 0 Å². The molecule has 10 nitrogen and oxygen atoms in total.